The van der Waals surface area contributed by atoms with Crippen molar-refractivity contribution >= 4 is 29.1 Å². The van der Waals surface area contributed by atoms with Crippen LogP contribution < -0.4 is 0 Å². The van der Waals surface area contributed by atoms with Crippen LogP contribution in [0.4, 0.5) is 0 Å². The molecular formula is C19H25NO4S. The number of fused-ring (bicyclic) bond motifs is 1. The van der Waals surface area contributed by atoms with Gasteiger partial charge >= 0.3 is 5.97 Å². The lowest BCUT2D eigenvalue weighted by Crippen LogP contribution is -2.35. The van der Waals surface area contributed by atoms with Gasteiger partial charge in [0.2, 0.25) is 5.91 Å². The minimum Gasteiger partial charge on any atom is -0.451 e. The predicted molar refractivity (Wildman–Crippen MR) is 95.5 cm³/mol. The molecule has 1 saturated heterocycles. The Morgan fingerprint density at radius 1 is 1.32 bits per heavy atom. The number of esters is 1. The van der Waals surface area contributed by atoms with E-state index in [1.807, 2.05) is 6.07 Å². The van der Waals surface area contributed by atoms with Gasteiger partial charge in [-0.15, -0.1) is 11.3 Å². The highest BCUT2D eigenvalue weighted by molar-refractivity contribution is 7.14. The normalized spacial score (nSPS) is 20.5. The van der Waals surface area contributed by atoms with Crippen LogP contribution in [0.25, 0.3) is 0 Å². The van der Waals surface area contributed by atoms with Crippen molar-refractivity contribution in [3.63, 3.8) is 0 Å². The lowest BCUT2D eigenvalue weighted by Gasteiger charge is -2.33. The minimum atomic E-state index is -0.466. The molecule has 136 valence electrons. The van der Waals surface area contributed by atoms with E-state index in [9.17, 15) is 14.4 Å². The number of nitrogens with zero attached hydrogens (tertiary/aromatic N) is 1. The molecule has 3 rings (SSSR count). The summed E-state index contributed by atoms with van der Waals surface area (Å²) in [6.45, 7) is 6.84. The maximum atomic E-state index is 12.3. The van der Waals surface area contributed by atoms with Gasteiger partial charge in [0.25, 0.3) is 5.91 Å². The molecule has 0 spiro atoms. The minimum absolute atomic E-state index is 0.180. The molecule has 5 nitrogen and oxygen atoms in total. The molecule has 0 bridgehead atoms. The van der Waals surface area contributed by atoms with Crippen LogP contribution in [0, 0.1) is 11.3 Å². The molecule has 0 radical (unpaired) electrons. The molecule has 0 saturated carbocycles. The molecule has 2 aliphatic rings. The second-order valence-corrected chi connectivity index (χ2v) is 9.12. The third kappa shape index (κ3) is 3.94. The third-order valence-corrected chi connectivity index (χ3v) is 6.43. The van der Waals surface area contributed by atoms with E-state index < -0.39 is 11.9 Å². The lowest BCUT2D eigenvalue weighted by molar-refractivity contribution is -0.143. The van der Waals surface area contributed by atoms with Gasteiger partial charge in [-0.05, 0) is 48.6 Å². The highest BCUT2D eigenvalue weighted by Gasteiger charge is 2.31. The fraction of sp³-hybridized carbons (Fsp3) is 0.632. The van der Waals surface area contributed by atoms with Gasteiger partial charge in [0.15, 0.2) is 6.61 Å². The Morgan fingerprint density at radius 3 is 2.72 bits per heavy atom. The molecule has 0 N–H and O–H groups in total. The maximum Gasteiger partial charge on any atom is 0.348 e. The van der Waals surface area contributed by atoms with Gasteiger partial charge in [0, 0.05) is 17.8 Å². The highest BCUT2D eigenvalue weighted by atomic mass is 32.1. The van der Waals surface area contributed by atoms with Crippen molar-refractivity contribution in [1.29, 1.82) is 0 Å². The average Bonchev–Trinajstić information content (AvgIpc) is 3.16. The third-order valence-electron chi connectivity index (χ3n) is 5.21. The number of hydrogen-bond acceptors (Lipinski definition) is 5. The number of amides is 2. The molecule has 1 aromatic rings. The Morgan fingerprint density at radius 2 is 2.08 bits per heavy atom. The van der Waals surface area contributed by atoms with Crippen LogP contribution in [0.15, 0.2) is 6.07 Å². The van der Waals surface area contributed by atoms with E-state index in [-0.39, 0.29) is 17.9 Å². The van der Waals surface area contributed by atoms with Gasteiger partial charge in [-0.2, -0.15) is 0 Å². The average molecular weight is 363 g/mol. The molecule has 0 aromatic carbocycles. The summed E-state index contributed by atoms with van der Waals surface area (Å²) in [5.41, 5.74) is 1.50. The fourth-order valence-corrected chi connectivity index (χ4v) is 4.65. The molecule has 1 aliphatic heterocycles. The summed E-state index contributed by atoms with van der Waals surface area (Å²) in [5.74, 6) is -0.459. The second-order valence-electron chi connectivity index (χ2n) is 7.98. The maximum absolute atomic E-state index is 12.3. The van der Waals surface area contributed by atoms with E-state index in [1.54, 1.807) is 0 Å². The van der Waals surface area contributed by atoms with Crippen LogP contribution in [0.5, 0.6) is 0 Å². The number of imide groups is 1. The van der Waals surface area contributed by atoms with E-state index in [1.165, 1.54) is 26.7 Å². The van der Waals surface area contributed by atoms with Crippen LogP contribution in [0.2, 0.25) is 0 Å². The van der Waals surface area contributed by atoms with Crippen molar-refractivity contribution < 1.29 is 19.1 Å². The van der Waals surface area contributed by atoms with Gasteiger partial charge in [0.05, 0.1) is 0 Å². The summed E-state index contributed by atoms with van der Waals surface area (Å²) in [7, 11) is 0. The van der Waals surface area contributed by atoms with E-state index in [0.29, 0.717) is 30.2 Å². The largest absolute Gasteiger partial charge is 0.451 e. The summed E-state index contributed by atoms with van der Waals surface area (Å²) in [6.07, 6.45) is 4.21. The number of aryl methyl sites for hydroxylation is 1. The molecule has 1 fully saturated rings. The first-order valence-electron chi connectivity index (χ1n) is 8.87. The quantitative estimate of drug-likeness (QED) is 0.774. The SMILES string of the molecule is CC(C)(C)[C@H]1CCc2sc(C(=O)OCC(=O)N3CCCC3=O)cc2C1. The van der Waals surface area contributed by atoms with Crippen LogP contribution in [-0.2, 0) is 27.2 Å². The second kappa shape index (κ2) is 6.90. The first kappa shape index (κ1) is 18.1. The zero-order valence-corrected chi connectivity index (χ0v) is 15.9. The molecule has 2 amide bonds. The zero-order chi connectivity index (χ0) is 18.2. The van der Waals surface area contributed by atoms with Crippen molar-refractivity contribution in [2.75, 3.05) is 13.2 Å². The molecule has 1 aliphatic carbocycles. The first-order chi connectivity index (χ1) is 11.8. The standard InChI is InChI=1S/C19H25NO4S/c1-19(2,3)13-6-7-14-12(9-13)10-15(25-14)18(23)24-11-17(22)20-8-4-5-16(20)21/h10,13H,4-9,11H2,1-3H3/t13-/m0/s1. The zero-order valence-electron chi connectivity index (χ0n) is 15.1. The smallest absolute Gasteiger partial charge is 0.348 e. The number of carbonyl (C=O) groups is 3. The van der Waals surface area contributed by atoms with E-state index >= 15 is 0 Å². The predicted octanol–water partition coefficient (Wildman–Crippen LogP) is 3.20. The van der Waals surface area contributed by atoms with Crippen LogP contribution in [0.1, 0.15) is 60.1 Å². The van der Waals surface area contributed by atoms with E-state index in [4.69, 9.17) is 4.74 Å². The summed E-state index contributed by atoms with van der Waals surface area (Å²) in [5, 5.41) is 0. The Hall–Kier alpha value is -1.69. The van der Waals surface area contributed by atoms with Gasteiger partial charge < -0.3 is 4.74 Å². The highest BCUT2D eigenvalue weighted by Crippen LogP contribution is 2.40. The van der Waals surface area contributed by atoms with Crippen molar-refractivity contribution in [3.05, 3.63) is 21.4 Å². The molecule has 1 atom stereocenters. The molecule has 1 aromatic heterocycles. The topological polar surface area (TPSA) is 63.7 Å². The number of rotatable bonds is 3. The molecule has 6 heteroatoms. The van der Waals surface area contributed by atoms with Gasteiger partial charge in [-0.1, -0.05) is 20.8 Å². The molecule has 25 heavy (non-hydrogen) atoms. The van der Waals surface area contributed by atoms with Crippen LogP contribution in [-0.4, -0.2) is 35.8 Å². The van der Waals surface area contributed by atoms with Gasteiger partial charge in [0.1, 0.15) is 4.88 Å². The van der Waals surface area contributed by atoms with E-state index in [0.717, 1.165) is 19.3 Å². The van der Waals surface area contributed by atoms with Gasteiger partial charge in [-0.25, -0.2) is 4.79 Å². The summed E-state index contributed by atoms with van der Waals surface area (Å²) in [6, 6.07) is 1.92. The molecule has 0 unspecified atom stereocenters. The summed E-state index contributed by atoms with van der Waals surface area (Å²) < 4.78 is 5.15. The van der Waals surface area contributed by atoms with E-state index in [2.05, 4.69) is 20.8 Å². The lowest BCUT2D eigenvalue weighted by atomic mass is 9.72. The van der Waals surface area contributed by atoms with Crippen LogP contribution in [0.3, 0.4) is 0 Å². The Balaban J connectivity index is 1.60. The molecular weight excluding hydrogens is 338 g/mol. The Bertz CT molecular complexity index is 701. The number of carbonyl (C=O) groups excluding carboxylic acids is 3. The summed E-state index contributed by atoms with van der Waals surface area (Å²) in [4.78, 5) is 38.8. The number of likely N-dealkylation sites (tertiary alicyclic amines) is 1. The molecule has 2 heterocycles. The fourth-order valence-electron chi connectivity index (χ4n) is 3.55. The van der Waals surface area contributed by atoms with Crippen molar-refractivity contribution in [1.82, 2.24) is 4.90 Å². The van der Waals surface area contributed by atoms with Gasteiger partial charge in [-0.3, -0.25) is 14.5 Å². The Kier molecular flexibility index (Phi) is 5.00. The van der Waals surface area contributed by atoms with Crippen LogP contribution >= 0.6 is 11.3 Å². The monoisotopic (exact) mass is 363 g/mol. The number of hydrogen-bond donors (Lipinski definition) is 0. The van der Waals surface area contributed by atoms with Crippen molar-refractivity contribution in [2.24, 2.45) is 11.3 Å². The number of thiophene rings is 1. The number of ether oxygens (including phenoxy) is 1. The van der Waals surface area contributed by atoms with Crippen molar-refractivity contribution in [2.45, 2.75) is 52.9 Å². The van der Waals surface area contributed by atoms with Crippen molar-refractivity contribution in [3.8, 4) is 0 Å². The Labute approximate surface area is 152 Å². The summed E-state index contributed by atoms with van der Waals surface area (Å²) >= 11 is 1.47. The first-order valence-corrected chi connectivity index (χ1v) is 9.69.